The van der Waals surface area contributed by atoms with Crippen molar-refractivity contribution in [2.75, 3.05) is 6.61 Å². The van der Waals surface area contributed by atoms with Gasteiger partial charge in [0.25, 0.3) is 0 Å². The summed E-state index contributed by atoms with van der Waals surface area (Å²) in [4.78, 5) is 12.1. The monoisotopic (exact) mass is 238 g/mol. The molecule has 0 aromatic carbocycles. The zero-order chi connectivity index (χ0) is 11.8. The molecule has 0 aromatic rings. The summed E-state index contributed by atoms with van der Waals surface area (Å²) in [7, 11) is 0. The van der Waals surface area contributed by atoms with Crippen LogP contribution in [-0.2, 0) is 14.3 Å². The van der Waals surface area contributed by atoms with Crippen LogP contribution in [0.15, 0.2) is 0 Å². The number of carbonyl (C=O) groups is 1. The molecule has 3 aliphatic rings. The van der Waals surface area contributed by atoms with E-state index in [1.165, 1.54) is 12.8 Å². The fourth-order valence-electron chi connectivity index (χ4n) is 3.87. The lowest BCUT2D eigenvalue weighted by Gasteiger charge is -2.28. The smallest absolute Gasteiger partial charge is 0.311 e. The van der Waals surface area contributed by atoms with Crippen LogP contribution in [0, 0.1) is 23.7 Å². The maximum absolute atomic E-state index is 12.1. The number of hydrogen-bond acceptors (Lipinski definition) is 3. The number of esters is 1. The molecule has 2 saturated carbocycles. The van der Waals surface area contributed by atoms with E-state index in [9.17, 15) is 4.79 Å². The first kappa shape index (κ1) is 11.5. The highest BCUT2D eigenvalue weighted by molar-refractivity contribution is 5.73. The zero-order valence-electron chi connectivity index (χ0n) is 10.6. The van der Waals surface area contributed by atoms with Crippen molar-refractivity contribution < 1.29 is 14.3 Å². The summed E-state index contributed by atoms with van der Waals surface area (Å²) in [6.45, 7) is 3.06. The van der Waals surface area contributed by atoms with Gasteiger partial charge in [-0.1, -0.05) is 6.92 Å². The van der Waals surface area contributed by atoms with Gasteiger partial charge < -0.3 is 9.47 Å². The molecule has 3 rings (SSSR count). The maximum Gasteiger partial charge on any atom is 0.311 e. The Bertz CT molecular complexity index is 294. The van der Waals surface area contributed by atoms with E-state index in [1.807, 2.05) is 0 Å². The lowest BCUT2D eigenvalue weighted by Crippen LogP contribution is -2.31. The van der Waals surface area contributed by atoms with E-state index in [0.29, 0.717) is 5.92 Å². The number of rotatable bonds is 2. The highest BCUT2D eigenvalue weighted by atomic mass is 16.7. The van der Waals surface area contributed by atoms with Crippen LogP contribution in [-0.4, -0.2) is 18.9 Å². The molecule has 1 heterocycles. The minimum atomic E-state index is -0.257. The summed E-state index contributed by atoms with van der Waals surface area (Å²) in [5.41, 5.74) is 0. The van der Waals surface area contributed by atoms with Gasteiger partial charge in [0.1, 0.15) is 0 Å². The van der Waals surface area contributed by atoms with Crippen LogP contribution in [0.3, 0.4) is 0 Å². The molecule has 17 heavy (non-hydrogen) atoms. The van der Waals surface area contributed by atoms with Crippen LogP contribution < -0.4 is 0 Å². The number of ether oxygens (including phenoxy) is 2. The summed E-state index contributed by atoms with van der Waals surface area (Å²) in [5, 5.41) is 0. The lowest BCUT2D eigenvalue weighted by molar-refractivity contribution is -0.192. The van der Waals surface area contributed by atoms with Gasteiger partial charge in [-0.3, -0.25) is 4.79 Å². The van der Waals surface area contributed by atoms with E-state index in [-0.39, 0.29) is 18.2 Å². The first-order chi connectivity index (χ1) is 8.24. The van der Waals surface area contributed by atoms with Gasteiger partial charge in [0, 0.05) is 6.42 Å². The average molecular weight is 238 g/mol. The van der Waals surface area contributed by atoms with Gasteiger partial charge in [-0.25, -0.2) is 0 Å². The molecule has 96 valence electrons. The molecule has 2 bridgehead atoms. The largest absolute Gasteiger partial charge is 0.436 e. The summed E-state index contributed by atoms with van der Waals surface area (Å²) in [6, 6.07) is 0. The maximum atomic E-state index is 12.1. The number of hydrogen-bond donors (Lipinski definition) is 0. The normalized spacial score (nSPS) is 44.9. The van der Waals surface area contributed by atoms with Crippen LogP contribution in [0.25, 0.3) is 0 Å². The summed E-state index contributed by atoms with van der Waals surface area (Å²) in [5.74, 6) is 2.35. The number of fused-ring (bicyclic) bond motifs is 2. The van der Waals surface area contributed by atoms with Crippen LogP contribution in [0.5, 0.6) is 0 Å². The Morgan fingerprint density at radius 3 is 2.65 bits per heavy atom. The fraction of sp³-hybridized carbons (Fsp3) is 0.929. The molecule has 0 N–H and O–H groups in total. The Morgan fingerprint density at radius 1 is 1.18 bits per heavy atom. The highest BCUT2D eigenvalue weighted by Crippen LogP contribution is 2.51. The lowest BCUT2D eigenvalue weighted by atomic mass is 9.83. The van der Waals surface area contributed by atoms with Crippen LogP contribution in [0.4, 0.5) is 0 Å². The third-order valence-electron chi connectivity index (χ3n) is 4.90. The van der Waals surface area contributed by atoms with Gasteiger partial charge in [-0.05, 0) is 49.9 Å². The van der Waals surface area contributed by atoms with Crippen molar-refractivity contribution >= 4 is 5.97 Å². The minimum Gasteiger partial charge on any atom is -0.436 e. The van der Waals surface area contributed by atoms with E-state index in [1.54, 1.807) is 0 Å². The van der Waals surface area contributed by atoms with Gasteiger partial charge in [-0.2, -0.15) is 0 Å². The highest BCUT2D eigenvalue weighted by Gasteiger charge is 2.47. The molecule has 3 unspecified atom stereocenters. The third-order valence-corrected chi connectivity index (χ3v) is 4.90. The second-order valence-corrected chi connectivity index (χ2v) is 6.04. The minimum absolute atomic E-state index is 0.0105. The Balaban J connectivity index is 1.53. The Labute approximate surface area is 103 Å². The summed E-state index contributed by atoms with van der Waals surface area (Å²) < 4.78 is 11.0. The Hall–Kier alpha value is -0.570. The molecule has 1 aliphatic heterocycles. The molecule has 3 heteroatoms. The van der Waals surface area contributed by atoms with Crippen molar-refractivity contribution in [3.05, 3.63) is 0 Å². The molecular weight excluding hydrogens is 216 g/mol. The summed E-state index contributed by atoms with van der Waals surface area (Å²) in [6.07, 6.45) is 6.35. The molecular formula is C14H22O3. The van der Waals surface area contributed by atoms with Gasteiger partial charge in [0.2, 0.25) is 6.29 Å². The molecule has 3 fully saturated rings. The van der Waals surface area contributed by atoms with Crippen molar-refractivity contribution in [1.29, 1.82) is 0 Å². The third kappa shape index (κ3) is 2.22. The van der Waals surface area contributed by atoms with Crippen molar-refractivity contribution in [3.63, 3.8) is 0 Å². The second-order valence-electron chi connectivity index (χ2n) is 6.04. The average Bonchev–Trinajstić information content (AvgIpc) is 2.89. The SMILES string of the molecule is CC1C[C@@H]2C[C@H]1CC2C(=O)OC1CCCCO1. The van der Waals surface area contributed by atoms with Crippen LogP contribution >= 0.6 is 0 Å². The fourth-order valence-corrected chi connectivity index (χ4v) is 3.87. The molecule has 0 radical (unpaired) electrons. The Kier molecular flexibility index (Phi) is 3.12. The van der Waals surface area contributed by atoms with E-state index in [2.05, 4.69) is 6.92 Å². The Morgan fingerprint density at radius 2 is 2.06 bits per heavy atom. The van der Waals surface area contributed by atoms with Crippen LogP contribution in [0.1, 0.15) is 45.4 Å². The molecule has 0 spiro atoms. The topological polar surface area (TPSA) is 35.5 Å². The molecule has 1 saturated heterocycles. The van der Waals surface area contributed by atoms with Crippen molar-refractivity contribution in [3.8, 4) is 0 Å². The molecule has 5 atom stereocenters. The predicted octanol–water partition coefficient (Wildman–Crippen LogP) is 2.74. The molecule has 0 aromatic heterocycles. The molecule has 0 amide bonds. The van der Waals surface area contributed by atoms with Gasteiger partial charge >= 0.3 is 5.97 Å². The zero-order valence-corrected chi connectivity index (χ0v) is 10.6. The quantitative estimate of drug-likeness (QED) is 0.694. The standard InChI is InChI=1S/C14H22O3/c1-9-6-11-7-10(9)8-12(11)14(15)17-13-4-2-3-5-16-13/h9-13H,2-8H2,1H3/t9?,10-,11+,12?,13?/m0/s1. The van der Waals surface area contributed by atoms with E-state index in [4.69, 9.17) is 9.47 Å². The first-order valence-corrected chi connectivity index (χ1v) is 7.06. The van der Waals surface area contributed by atoms with Gasteiger partial charge in [-0.15, -0.1) is 0 Å². The van der Waals surface area contributed by atoms with E-state index < -0.39 is 0 Å². The van der Waals surface area contributed by atoms with E-state index >= 15 is 0 Å². The molecule has 2 aliphatic carbocycles. The van der Waals surface area contributed by atoms with Crippen LogP contribution in [0.2, 0.25) is 0 Å². The first-order valence-electron chi connectivity index (χ1n) is 7.06. The van der Waals surface area contributed by atoms with Gasteiger partial charge in [0.15, 0.2) is 0 Å². The molecule has 3 nitrogen and oxygen atoms in total. The van der Waals surface area contributed by atoms with Crippen molar-refractivity contribution in [1.82, 2.24) is 0 Å². The number of carbonyl (C=O) groups excluding carboxylic acids is 1. The summed E-state index contributed by atoms with van der Waals surface area (Å²) >= 11 is 0. The van der Waals surface area contributed by atoms with Crippen molar-refractivity contribution in [2.45, 2.75) is 51.7 Å². The van der Waals surface area contributed by atoms with E-state index in [0.717, 1.165) is 44.1 Å². The van der Waals surface area contributed by atoms with Crippen molar-refractivity contribution in [2.24, 2.45) is 23.7 Å². The van der Waals surface area contributed by atoms with Gasteiger partial charge in [0.05, 0.1) is 12.5 Å². The second kappa shape index (κ2) is 4.60. The predicted molar refractivity (Wildman–Crippen MR) is 63.2 cm³/mol.